The van der Waals surface area contributed by atoms with Crippen LogP contribution in [-0.2, 0) is 49.6 Å². The number of aliphatic imine (C=N–C) groups is 1. The predicted molar refractivity (Wildman–Crippen MR) is 194 cm³/mol. The first-order valence-electron chi connectivity index (χ1n) is 17.7. The monoisotopic (exact) mass is 810 g/mol. The molecule has 316 valence electrons. The van der Waals surface area contributed by atoms with E-state index in [9.17, 15) is 58.5 Å². The molecule has 1 aliphatic rings. The topological polar surface area (TPSA) is 412 Å². The maximum atomic E-state index is 13.6. The summed E-state index contributed by atoms with van der Waals surface area (Å²) in [6.45, 7) is 3.06. The molecule has 0 saturated carbocycles. The van der Waals surface area contributed by atoms with Crippen molar-refractivity contribution < 1.29 is 63.6 Å². The second-order valence-electron chi connectivity index (χ2n) is 13.1. The highest BCUT2D eigenvalue weighted by Crippen LogP contribution is 2.08. The Morgan fingerprint density at radius 1 is 0.807 bits per heavy atom. The molecule has 1 aliphatic heterocycles. The minimum Gasteiger partial charge on any atom is -0.481 e. The highest BCUT2D eigenvalue weighted by molar-refractivity contribution is 5.98. The number of aliphatic hydroxyl groups is 1. The zero-order valence-electron chi connectivity index (χ0n) is 31.1. The average Bonchev–Trinajstić information content (AvgIpc) is 3.85. The van der Waals surface area contributed by atoms with Crippen LogP contribution in [0.1, 0.15) is 58.1 Å². The fourth-order valence-corrected chi connectivity index (χ4v) is 5.41. The molecule has 0 spiro atoms. The lowest BCUT2D eigenvalue weighted by Gasteiger charge is -2.28. The van der Waals surface area contributed by atoms with Gasteiger partial charge in [0.05, 0.1) is 31.3 Å². The third-order valence-corrected chi connectivity index (χ3v) is 8.39. The molecule has 1 aromatic heterocycles. The summed E-state index contributed by atoms with van der Waals surface area (Å²) in [4.78, 5) is 124. The van der Waals surface area contributed by atoms with Gasteiger partial charge in [0.2, 0.25) is 35.4 Å². The van der Waals surface area contributed by atoms with Gasteiger partial charge in [-0.2, -0.15) is 0 Å². The van der Waals surface area contributed by atoms with Gasteiger partial charge in [0, 0.05) is 24.9 Å². The standard InChI is InChI=1S/C32H50N12O13/c1-14(39-26(51)17-5-3-7-36-17)25(50)41-19(9-16-12-35-13-38-16)29(54)44-24(15(2)45)30(55)42-20(10-22(46)47)28(53)40-18(6-4-8-37-32(33)34)27(52)43-21(31(56)57)11-23(48)49/h12-15,17-21,24,36,45H,3-11H2,1-2H3,(H,35,38)(H,39,51)(H,40,53)(H,41,50)(H,42,55)(H,43,52)(H,44,54)(H,46,47)(H,48,49)(H,56,57)(H4,33,34,37)/t14-,15+,17-,18-,19-,20-,21-,24-/m0/s1. The van der Waals surface area contributed by atoms with Gasteiger partial charge in [0.25, 0.3) is 0 Å². The van der Waals surface area contributed by atoms with Crippen molar-refractivity contribution in [3.8, 4) is 0 Å². The molecule has 57 heavy (non-hydrogen) atoms. The van der Waals surface area contributed by atoms with Crippen LogP contribution in [0.25, 0.3) is 0 Å². The summed E-state index contributed by atoms with van der Waals surface area (Å²) in [5.41, 5.74) is 11.0. The molecule has 1 fully saturated rings. The molecule has 6 amide bonds. The Morgan fingerprint density at radius 3 is 1.93 bits per heavy atom. The fourth-order valence-electron chi connectivity index (χ4n) is 5.41. The quantitative estimate of drug-likeness (QED) is 0.0263. The van der Waals surface area contributed by atoms with E-state index in [2.05, 4.69) is 46.9 Å². The van der Waals surface area contributed by atoms with Gasteiger partial charge in [-0.15, -0.1) is 0 Å². The Hall–Kier alpha value is -6.37. The van der Waals surface area contributed by atoms with Gasteiger partial charge in [0.15, 0.2) is 5.96 Å². The summed E-state index contributed by atoms with van der Waals surface area (Å²) in [5.74, 6) is -11.1. The molecule has 0 unspecified atom stereocenters. The molecule has 25 heteroatoms. The number of amides is 6. The van der Waals surface area contributed by atoms with Crippen LogP contribution in [0.5, 0.6) is 0 Å². The number of imidazole rings is 1. The summed E-state index contributed by atoms with van der Waals surface area (Å²) in [6, 6.07) is -10.4. The predicted octanol–water partition coefficient (Wildman–Crippen LogP) is -5.90. The number of nitrogens with two attached hydrogens (primary N) is 2. The van der Waals surface area contributed by atoms with Gasteiger partial charge in [0.1, 0.15) is 36.3 Å². The van der Waals surface area contributed by atoms with Crippen LogP contribution in [0, 0.1) is 0 Å². The van der Waals surface area contributed by atoms with E-state index in [0.29, 0.717) is 18.7 Å². The SMILES string of the molecule is C[C@H](NC(=O)[C@@H]1CCCN1)C(=O)N[C@@H](Cc1cnc[nH]1)C(=O)N[C@H](C(=O)N[C@@H](CC(=O)O)C(=O)N[C@@H](CCCN=C(N)N)C(=O)N[C@@H](CC(=O)O)C(=O)O)[C@@H](C)O. The maximum absolute atomic E-state index is 13.6. The number of aliphatic hydroxyl groups excluding tert-OH is 1. The van der Waals surface area contributed by atoms with Crippen LogP contribution in [0.3, 0.4) is 0 Å². The summed E-state index contributed by atoms with van der Waals surface area (Å²) >= 11 is 0. The number of nitrogens with one attached hydrogen (secondary N) is 8. The Morgan fingerprint density at radius 2 is 1.39 bits per heavy atom. The number of hydrogen-bond acceptors (Lipinski definition) is 13. The summed E-state index contributed by atoms with van der Waals surface area (Å²) in [6.07, 6.45) is -0.273. The number of H-pyrrole nitrogens is 1. The van der Waals surface area contributed by atoms with Crippen molar-refractivity contribution in [1.29, 1.82) is 0 Å². The normalized spacial score (nSPS) is 17.1. The minimum atomic E-state index is -1.96. The van der Waals surface area contributed by atoms with Crippen molar-refractivity contribution in [2.24, 2.45) is 16.5 Å². The molecule has 0 bridgehead atoms. The number of aromatic amines is 1. The van der Waals surface area contributed by atoms with E-state index in [4.69, 9.17) is 16.6 Å². The number of guanidine groups is 1. The molecule has 0 aromatic carbocycles. The van der Waals surface area contributed by atoms with Gasteiger partial charge in [-0.05, 0) is 46.1 Å². The van der Waals surface area contributed by atoms with E-state index in [-0.39, 0.29) is 31.8 Å². The molecule has 2 rings (SSSR count). The zero-order chi connectivity index (χ0) is 42.8. The lowest BCUT2D eigenvalue weighted by Crippen LogP contribution is -2.62. The first kappa shape index (κ1) is 46.8. The largest absolute Gasteiger partial charge is 0.481 e. The first-order chi connectivity index (χ1) is 26.8. The van der Waals surface area contributed by atoms with E-state index >= 15 is 0 Å². The molecule has 0 aliphatic carbocycles. The Kier molecular flexibility index (Phi) is 18.8. The number of carboxylic acid groups (broad SMARTS) is 3. The number of aromatic nitrogens is 2. The zero-order valence-corrected chi connectivity index (χ0v) is 31.1. The van der Waals surface area contributed by atoms with Gasteiger partial charge in [-0.1, -0.05) is 0 Å². The minimum absolute atomic E-state index is 0.00183. The third-order valence-electron chi connectivity index (χ3n) is 8.39. The van der Waals surface area contributed by atoms with Crippen molar-refractivity contribution in [3.05, 3.63) is 18.2 Å². The fraction of sp³-hybridized carbons (Fsp3) is 0.594. The highest BCUT2D eigenvalue weighted by Gasteiger charge is 2.36. The third kappa shape index (κ3) is 16.5. The molecule has 1 aromatic rings. The number of hydrogen-bond donors (Lipinski definition) is 14. The molecule has 8 atom stereocenters. The second-order valence-corrected chi connectivity index (χ2v) is 13.1. The van der Waals surface area contributed by atoms with E-state index in [1.165, 1.54) is 19.4 Å². The van der Waals surface area contributed by atoms with Crippen LogP contribution in [0.4, 0.5) is 0 Å². The van der Waals surface area contributed by atoms with Crippen molar-refractivity contribution in [1.82, 2.24) is 47.2 Å². The Labute approximate surface area is 324 Å². The van der Waals surface area contributed by atoms with Gasteiger partial charge < -0.3 is 74.1 Å². The summed E-state index contributed by atoms with van der Waals surface area (Å²) in [5, 5.41) is 55.1. The molecular formula is C32H50N12O13. The van der Waals surface area contributed by atoms with Crippen molar-refractivity contribution in [2.75, 3.05) is 13.1 Å². The lowest BCUT2D eigenvalue weighted by atomic mass is 10.1. The van der Waals surface area contributed by atoms with Crippen LogP contribution < -0.4 is 48.7 Å². The number of carbonyl (C=O) groups is 9. The molecule has 25 nitrogen and oxygen atoms in total. The van der Waals surface area contributed by atoms with E-state index < -0.39 is 115 Å². The lowest BCUT2D eigenvalue weighted by molar-refractivity contribution is -0.147. The number of aliphatic carboxylic acids is 3. The van der Waals surface area contributed by atoms with Gasteiger partial charge >= 0.3 is 17.9 Å². The number of nitrogens with zero attached hydrogens (tertiary/aromatic N) is 2. The average molecular weight is 811 g/mol. The van der Waals surface area contributed by atoms with Gasteiger partial charge in [-0.25, -0.2) is 9.78 Å². The highest BCUT2D eigenvalue weighted by atomic mass is 16.4. The number of rotatable bonds is 24. The van der Waals surface area contributed by atoms with E-state index in [1.54, 1.807) is 0 Å². The Bertz CT molecular complexity index is 1630. The number of carboxylic acids is 3. The van der Waals surface area contributed by atoms with Crippen LogP contribution in [0.2, 0.25) is 0 Å². The van der Waals surface area contributed by atoms with Crippen molar-refractivity contribution in [3.63, 3.8) is 0 Å². The van der Waals surface area contributed by atoms with Crippen molar-refractivity contribution >= 4 is 59.3 Å². The van der Waals surface area contributed by atoms with Crippen LogP contribution in [-0.4, -0.2) is 151 Å². The van der Waals surface area contributed by atoms with E-state index in [1.807, 2.05) is 5.32 Å². The first-order valence-corrected chi connectivity index (χ1v) is 17.7. The van der Waals surface area contributed by atoms with Crippen LogP contribution >= 0.6 is 0 Å². The second kappa shape index (κ2) is 22.9. The Balaban J connectivity index is 2.27. The van der Waals surface area contributed by atoms with E-state index in [0.717, 1.165) is 13.3 Å². The van der Waals surface area contributed by atoms with Crippen LogP contribution in [0.15, 0.2) is 17.5 Å². The number of carbonyl (C=O) groups excluding carboxylic acids is 6. The molecule has 1 saturated heterocycles. The summed E-state index contributed by atoms with van der Waals surface area (Å²) < 4.78 is 0. The molecule has 2 heterocycles. The molecule has 0 radical (unpaired) electrons. The maximum Gasteiger partial charge on any atom is 0.326 e. The molecular weight excluding hydrogens is 760 g/mol. The molecule has 16 N–H and O–H groups in total. The van der Waals surface area contributed by atoms with Gasteiger partial charge in [-0.3, -0.25) is 43.3 Å². The van der Waals surface area contributed by atoms with Crippen molar-refractivity contribution in [2.45, 2.75) is 107 Å². The smallest absolute Gasteiger partial charge is 0.326 e. The summed E-state index contributed by atoms with van der Waals surface area (Å²) in [7, 11) is 0.